The number of rotatable bonds is 6. The maximum Gasteiger partial charge on any atom is 0.326 e. The zero-order chi connectivity index (χ0) is 15.2. The fourth-order valence-electron chi connectivity index (χ4n) is 2.46. The molecular formula is C13H15N5O3. The van der Waals surface area contributed by atoms with Gasteiger partial charge in [-0.2, -0.15) is 0 Å². The van der Waals surface area contributed by atoms with Crippen LogP contribution in [-0.4, -0.2) is 46.0 Å². The second-order valence-electron chi connectivity index (χ2n) is 4.95. The van der Waals surface area contributed by atoms with Gasteiger partial charge in [0.05, 0.1) is 0 Å². The third kappa shape index (κ3) is 3.70. The van der Waals surface area contributed by atoms with Gasteiger partial charge in [0, 0.05) is 43.2 Å². The molecule has 110 valence electrons. The molecule has 8 heteroatoms. The van der Waals surface area contributed by atoms with Crippen LogP contribution in [0.1, 0.15) is 12.0 Å². The number of amides is 1. The molecule has 2 unspecified atom stereocenters. The first-order valence-electron chi connectivity index (χ1n) is 6.54. The fraction of sp³-hybridized carbons (Fsp3) is 0.462. The smallest absolute Gasteiger partial charge is 0.326 e. The maximum absolute atomic E-state index is 12.0. The highest BCUT2D eigenvalue weighted by atomic mass is 16.4. The largest absolute Gasteiger partial charge is 0.480 e. The SMILES string of the molecule is [N-]=[N+]=NCC1CC(=O)N(C(Cc2cccnc2)C(=O)O)C1. The van der Waals surface area contributed by atoms with E-state index < -0.39 is 12.0 Å². The number of likely N-dealkylation sites (tertiary alicyclic amines) is 1. The highest BCUT2D eigenvalue weighted by molar-refractivity contribution is 5.85. The molecular weight excluding hydrogens is 274 g/mol. The number of aliphatic carboxylic acids is 1. The summed E-state index contributed by atoms with van der Waals surface area (Å²) in [5.41, 5.74) is 9.07. The van der Waals surface area contributed by atoms with E-state index in [0.717, 1.165) is 5.56 Å². The number of nitrogens with zero attached hydrogens (tertiary/aromatic N) is 5. The van der Waals surface area contributed by atoms with Gasteiger partial charge in [-0.1, -0.05) is 11.2 Å². The first-order chi connectivity index (χ1) is 10.1. The number of hydrogen-bond donors (Lipinski definition) is 1. The molecule has 1 aromatic heterocycles. The summed E-state index contributed by atoms with van der Waals surface area (Å²) in [5.74, 6) is -1.38. The molecule has 0 radical (unpaired) electrons. The van der Waals surface area contributed by atoms with E-state index in [2.05, 4.69) is 15.0 Å². The van der Waals surface area contributed by atoms with Gasteiger partial charge in [0.2, 0.25) is 5.91 Å². The summed E-state index contributed by atoms with van der Waals surface area (Å²) >= 11 is 0. The number of carbonyl (C=O) groups excluding carboxylic acids is 1. The predicted molar refractivity (Wildman–Crippen MR) is 73.2 cm³/mol. The Balaban J connectivity index is 2.10. The normalized spacial score (nSPS) is 19.1. The number of carboxylic acid groups (broad SMARTS) is 1. The van der Waals surface area contributed by atoms with E-state index in [-0.39, 0.29) is 31.2 Å². The molecule has 1 aromatic rings. The average molecular weight is 289 g/mol. The van der Waals surface area contributed by atoms with Crippen LogP contribution in [0, 0.1) is 5.92 Å². The van der Waals surface area contributed by atoms with Crippen LogP contribution in [0.2, 0.25) is 0 Å². The van der Waals surface area contributed by atoms with E-state index in [4.69, 9.17) is 5.53 Å². The summed E-state index contributed by atoms with van der Waals surface area (Å²) in [4.78, 5) is 31.4. The van der Waals surface area contributed by atoms with Crippen molar-refractivity contribution in [1.82, 2.24) is 9.88 Å². The van der Waals surface area contributed by atoms with Gasteiger partial charge in [-0.15, -0.1) is 0 Å². The van der Waals surface area contributed by atoms with Crippen molar-refractivity contribution in [2.45, 2.75) is 18.9 Å². The molecule has 1 fully saturated rings. The number of aromatic nitrogens is 1. The maximum atomic E-state index is 12.0. The summed E-state index contributed by atoms with van der Waals surface area (Å²) in [6, 6.07) is 2.59. The van der Waals surface area contributed by atoms with Crippen LogP contribution in [0.25, 0.3) is 10.4 Å². The molecule has 1 aliphatic rings. The highest BCUT2D eigenvalue weighted by Crippen LogP contribution is 2.22. The number of carbonyl (C=O) groups is 2. The summed E-state index contributed by atoms with van der Waals surface area (Å²) < 4.78 is 0. The Morgan fingerprint density at radius 1 is 1.67 bits per heavy atom. The van der Waals surface area contributed by atoms with Gasteiger partial charge < -0.3 is 10.0 Å². The molecule has 0 spiro atoms. The first-order valence-corrected chi connectivity index (χ1v) is 6.54. The number of hydrogen-bond acceptors (Lipinski definition) is 4. The monoisotopic (exact) mass is 289 g/mol. The zero-order valence-electron chi connectivity index (χ0n) is 11.3. The average Bonchev–Trinajstić information content (AvgIpc) is 2.84. The van der Waals surface area contributed by atoms with E-state index >= 15 is 0 Å². The van der Waals surface area contributed by atoms with Gasteiger partial charge in [-0.25, -0.2) is 4.79 Å². The van der Waals surface area contributed by atoms with Crippen LogP contribution < -0.4 is 0 Å². The van der Waals surface area contributed by atoms with Crippen LogP contribution in [-0.2, 0) is 16.0 Å². The molecule has 2 heterocycles. The lowest BCUT2D eigenvalue weighted by Crippen LogP contribution is -2.43. The minimum Gasteiger partial charge on any atom is -0.480 e. The molecule has 8 nitrogen and oxygen atoms in total. The molecule has 21 heavy (non-hydrogen) atoms. The second kappa shape index (κ2) is 6.71. The second-order valence-corrected chi connectivity index (χ2v) is 4.95. The van der Waals surface area contributed by atoms with Crippen molar-refractivity contribution in [2.24, 2.45) is 11.0 Å². The number of carboxylic acids is 1. The van der Waals surface area contributed by atoms with E-state index in [1.165, 1.54) is 4.90 Å². The van der Waals surface area contributed by atoms with Crippen LogP contribution in [0.3, 0.4) is 0 Å². The van der Waals surface area contributed by atoms with E-state index in [9.17, 15) is 14.7 Å². The van der Waals surface area contributed by atoms with Crippen LogP contribution >= 0.6 is 0 Å². The Bertz CT molecular complexity index is 570. The van der Waals surface area contributed by atoms with Crippen molar-refractivity contribution < 1.29 is 14.7 Å². The van der Waals surface area contributed by atoms with Gasteiger partial charge in [0.1, 0.15) is 6.04 Å². The Labute approximate surface area is 121 Å². The van der Waals surface area contributed by atoms with Gasteiger partial charge in [0.15, 0.2) is 0 Å². The third-order valence-corrected chi connectivity index (χ3v) is 3.45. The lowest BCUT2D eigenvalue weighted by molar-refractivity contribution is -0.148. The standard InChI is InChI=1S/C13H15N5O3/c14-17-16-7-10-5-12(19)18(8-10)11(13(20)21)4-9-2-1-3-15-6-9/h1-3,6,10-11H,4-5,7-8H2,(H,20,21). The molecule has 0 bridgehead atoms. The Morgan fingerprint density at radius 3 is 3.10 bits per heavy atom. The van der Waals surface area contributed by atoms with Gasteiger partial charge in [-0.05, 0) is 23.1 Å². The molecule has 0 aliphatic carbocycles. The number of azide groups is 1. The van der Waals surface area contributed by atoms with Gasteiger partial charge in [-0.3, -0.25) is 9.78 Å². The molecule has 1 amide bonds. The third-order valence-electron chi connectivity index (χ3n) is 3.45. The lowest BCUT2D eigenvalue weighted by Gasteiger charge is -2.24. The molecule has 2 rings (SSSR count). The van der Waals surface area contributed by atoms with Crippen LogP contribution in [0.5, 0.6) is 0 Å². The summed E-state index contributed by atoms with van der Waals surface area (Å²) in [6.45, 7) is 0.507. The van der Waals surface area contributed by atoms with E-state index in [1.807, 2.05) is 0 Å². The topological polar surface area (TPSA) is 119 Å². The summed E-state index contributed by atoms with van der Waals surface area (Å²) in [7, 11) is 0. The Kier molecular flexibility index (Phi) is 4.73. The summed E-state index contributed by atoms with van der Waals surface area (Å²) in [5, 5.41) is 12.8. The fourth-order valence-corrected chi connectivity index (χ4v) is 2.46. The Morgan fingerprint density at radius 2 is 2.48 bits per heavy atom. The lowest BCUT2D eigenvalue weighted by atomic mass is 10.1. The minimum absolute atomic E-state index is 0.121. The summed E-state index contributed by atoms with van der Waals surface area (Å²) in [6.07, 6.45) is 3.63. The van der Waals surface area contributed by atoms with Crippen molar-refractivity contribution in [3.05, 3.63) is 40.5 Å². The molecule has 1 N–H and O–H groups in total. The predicted octanol–water partition coefficient (Wildman–Crippen LogP) is 1.24. The highest BCUT2D eigenvalue weighted by Gasteiger charge is 2.37. The number of pyridine rings is 1. The van der Waals surface area contributed by atoms with E-state index in [0.29, 0.717) is 6.54 Å². The molecule has 0 saturated carbocycles. The van der Waals surface area contributed by atoms with Crippen LogP contribution in [0.4, 0.5) is 0 Å². The molecule has 2 atom stereocenters. The van der Waals surface area contributed by atoms with Crippen molar-refractivity contribution in [2.75, 3.05) is 13.1 Å². The quantitative estimate of drug-likeness (QED) is 0.481. The minimum atomic E-state index is -1.04. The van der Waals surface area contributed by atoms with Crippen molar-refractivity contribution >= 4 is 11.9 Å². The first kappa shape index (κ1) is 14.8. The molecule has 1 aliphatic heterocycles. The zero-order valence-corrected chi connectivity index (χ0v) is 11.3. The van der Waals surface area contributed by atoms with Crippen LogP contribution in [0.15, 0.2) is 29.6 Å². The Hall–Kier alpha value is -2.60. The van der Waals surface area contributed by atoms with E-state index in [1.54, 1.807) is 24.5 Å². The van der Waals surface area contributed by atoms with Crippen molar-refractivity contribution in [1.29, 1.82) is 0 Å². The van der Waals surface area contributed by atoms with Gasteiger partial charge >= 0.3 is 5.97 Å². The van der Waals surface area contributed by atoms with Crippen molar-refractivity contribution in [3.63, 3.8) is 0 Å². The van der Waals surface area contributed by atoms with Crippen molar-refractivity contribution in [3.8, 4) is 0 Å². The molecule has 1 saturated heterocycles. The van der Waals surface area contributed by atoms with Gasteiger partial charge in [0.25, 0.3) is 0 Å². The molecule has 0 aromatic carbocycles.